The molecule has 0 saturated carbocycles. The summed E-state index contributed by atoms with van der Waals surface area (Å²) in [7, 11) is 1.68. The van der Waals surface area contributed by atoms with E-state index in [1.807, 2.05) is 6.07 Å². The highest BCUT2D eigenvalue weighted by atomic mass is 16.4. The number of carboxylic acid groups (broad SMARTS) is 1. The van der Waals surface area contributed by atoms with Gasteiger partial charge in [0.05, 0.1) is 6.42 Å². The maximum atomic E-state index is 10.3. The fourth-order valence-corrected chi connectivity index (χ4v) is 0.958. The predicted octanol–water partition coefficient (Wildman–Crippen LogP) is 0.259. The van der Waals surface area contributed by atoms with Gasteiger partial charge >= 0.3 is 5.97 Å². The lowest BCUT2D eigenvalue weighted by atomic mass is 10.4. The number of carbonyl (C=O) groups is 1. The Labute approximate surface area is 86.8 Å². The van der Waals surface area contributed by atoms with E-state index in [9.17, 15) is 4.79 Å². The molecule has 0 spiro atoms. The van der Waals surface area contributed by atoms with E-state index >= 15 is 0 Å². The predicted molar refractivity (Wildman–Crippen MR) is 52.3 cm³/mol. The average molecular weight is 206 g/mol. The van der Waals surface area contributed by atoms with Gasteiger partial charge in [-0.25, -0.2) is 9.97 Å². The van der Waals surface area contributed by atoms with E-state index < -0.39 is 5.97 Å². The van der Waals surface area contributed by atoms with Gasteiger partial charge in [0, 0.05) is 19.8 Å². The number of carboxylic acids is 1. The summed E-state index contributed by atoms with van der Waals surface area (Å²) in [6.07, 6.45) is 1.48. The summed E-state index contributed by atoms with van der Waals surface area (Å²) in [5.41, 5.74) is 0.266. The molecule has 0 aliphatic rings. The van der Waals surface area contributed by atoms with Crippen molar-refractivity contribution in [3.05, 3.63) is 18.0 Å². The first-order chi connectivity index (χ1) is 7.13. The standard InChI is InChI=1S/C9H10N4O2/c1-13(5-3-8(14)15)9-11-4-2-7(6-10)12-9/h2,4H,3,5H2,1H3,(H,14,15). The molecule has 6 nitrogen and oxygen atoms in total. The summed E-state index contributed by atoms with van der Waals surface area (Å²) in [5.74, 6) is -0.520. The molecule has 0 aliphatic heterocycles. The number of nitrogens with zero attached hydrogens (tertiary/aromatic N) is 4. The van der Waals surface area contributed by atoms with Crippen LogP contribution in [0.4, 0.5) is 5.95 Å². The highest BCUT2D eigenvalue weighted by molar-refractivity contribution is 5.67. The highest BCUT2D eigenvalue weighted by Gasteiger charge is 2.06. The molecular weight excluding hydrogens is 196 g/mol. The lowest BCUT2D eigenvalue weighted by Gasteiger charge is -2.14. The number of aromatic nitrogens is 2. The molecule has 0 fully saturated rings. The Hall–Kier alpha value is -2.16. The fourth-order valence-electron chi connectivity index (χ4n) is 0.958. The van der Waals surface area contributed by atoms with Gasteiger partial charge in [0.2, 0.25) is 5.95 Å². The second-order valence-electron chi connectivity index (χ2n) is 2.92. The number of aliphatic carboxylic acids is 1. The fraction of sp³-hybridized carbons (Fsp3) is 0.333. The van der Waals surface area contributed by atoms with Crippen molar-refractivity contribution in [1.82, 2.24) is 9.97 Å². The maximum Gasteiger partial charge on any atom is 0.305 e. The molecule has 1 heterocycles. The summed E-state index contributed by atoms with van der Waals surface area (Å²) in [6, 6.07) is 3.39. The molecular formula is C9H10N4O2. The molecule has 1 aromatic heterocycles. The van der Waals surface area contributed by atoms with Crippen LogP contribution in [0.1, 0.15) is 12.1 Å². The van der Waals surface area contributed by atoms with E-state index in [-0.39, 0.29) is 12.1 Å². The molecule has 0 amide bonds. The molecule has 15 heavy (non-hydrogen) atoms. The third kappa shape index (κ3) is 3.23. The van der Waals surface area contributed by atoms with Crippen molar-refractivity contribution in [2.24, 2.45) is 0 Å². The van der Waals surface area contributed by atoms with Crippen LogP contribution in [0.3, 0.4) is 0 Å². The van der Waals surface area contributed by atoms with Gasteiger partial charge in [-0.15, -0.1) is 0 Å². The second-order valence-corrected chi connectivity index (χ2v) is 2.92. The van der Waals surface area contributed by atoms with Crippen molar-refractivity contribution in [1.29, 1.82) is 5.26 Å². The Kier molecular flexibility index (Phi) is 3.57. The summed E-state index contributed by atoms with van der Waals surface area (Å²) >= 11 is 0. The molecule has 1 aromatic rings. The number of hydrogen-bond acceptors (Lipinski definition) is 5. The van der Waals surface area contributed by atoms with Crippen molar-refractivity contribution in [3.63, 3.8) is 0 Å². The third-order valence-electron chi connectivity index (χ3n) is 1.76. The average Bonchev–Trinajstić information content (AvgIpc) is 2.26. The lowest BCUT2D eigenvalue weighted by Crippen LogP contribution is -2.23. The zero-order chi connectivity index (χ0) is 11.3. The molecule has 0 aromatic carbocycles. The van der Waals surface area contributed by atoms with Crippen molar-refractivity contribution >= 4 is 11.9 Å². The van der Waals surface area contributed by atoms with Crippen molar-refractivity contribution in [3.8, 4) is 6.07 Å². The lowest BCUT2D eigenvalue weighted by molar-refractivity contribution is -0.136. The topological polar surface area (TPSA) is 90.1 Å². The minimum Gasteiger partial charge on any atom is -0.481 e. The largest absolute Gasteiger partial charge is 0.481 e. The first-order valence-electron chi connectivity index (χ1n) is 4.29. The molecule has 0 radical (unpaired) electrons. The van der Waals surface area contributed by atoms with Gasteiger partial charge in [0.25, 0.3) is 0 Å². The Morgan fingerprint density at radius 2 is 2.47 bits per heavy atom. The zero-order valence-corrected chi connectivity index (χ0v) is 8.21. The van der Waals surface area contributed by atoms with Gasteiger partial charge in [0.1, 0.15) is 11.8 Å². The van der Waals surface area contributed by atoms with Crippen LogP contribution in [0, 0.1) is 11.3 Å². The molecule has 1 rings (SSSR count). The molecule has 1 N–H and O–H groups in total. The minimum atomic E-state index is -0.877. The van der Waals surface area contributed by atoms with Gasteiger partial charge in [-0.3, -0.25) is 4.79 Å². The van der Waals surface area contributed by atoms with Crippen molar-refractivity contribution < 1.29 is 9.90 Å². The molecule has 0 aliphatic carbocycles. The SMILES string of the molecule is CN(CCC(=O)O)c1nccc(C#N)n1. The van der Waals surface area contributed by atoms with E-state index in [4.69, 9.17) is 10.4 Å². The van der Waals surface area contributed by atoms with Crippen LogP contribution < -0.4 is 4.90 Å². The molecule has 78 valence electrons. The molecule has 6 heteroatoms. The highest BCUT2D eigenvalue weighted by Crippen LogP contribution is 2.05. The second kappa shape index (κ2) is 4.91. The van der Waals surface area contributed by atoms with Crippen molar-refractivity contribution in [2.75, 3.05) is 18.5 Å². The van der Waals surface area contributed by atoms with Gasteiger partial charge < -0.3 is 10.0 Å². The van der Waals surface area contributed by atoms with E-state index in [2.05, 4.69) is 9.97 Å². The monoisotopic (exact) mass is 206 g/mol. The van der Waals surface area contributed by atoms with Gasteiger partial charge in [-0.05, 0) is 6.07 Å². The van der Waals surface area contributed by atoms with Crippen LogP contribution in [0.5, 0.6) is 0 Å². The van der Waals surface area contributed by atoms with E-state index in [1.54, 1.807) is 11.9 Å². The van der Waals surface area contributed by atoms with E-state index in [1.165, 1.54) is 12.3 Å². The first-order valence-corrected chi connectivity index (χ1v) is 4.29. The Bertz CT molecular complexity index is 399. The summed E-state index contributed by atoms with van der Waals surface area (Å²) in [4.78, 5) is 19.8. The summed E-state index contributed by atoms with van der Waals surface area (Å²) in [6.45, 7) is 0.310. The number of rotatable bonds is 4. The zero-order valence-electron chi connectivity index (χ0n) is 8.21. The number of anilines is 1. The Balaban J connectivity index is 2.69. The molecule has 0 atom stereocenters. The summed E-state index contributed by atoms with van der Waals surface area (Å²) in [5, 5.41) is 17.1. The minimum absolute atomic E-state index is 0.0106. The normalized spacial score (nSPS) is 9.33. The number of nitriles is 1. The van der Waals surface area contributed by atoms with Crippen LogP contribution in [0.2, 0.25) is 0 Å². The smallest absolute Gasteiger partial charge is 0.305 e. The maximum absolute atomic E-state index is 10.3. The molecule has 0 saturated heterocycles. The first kappa shape index (κ1) is 10.9. The van der Waals surface area contributed by atoms with Crippen LogP contribution in [-0.2, 0) is 4.79 Å². The van der Waals surface area contributed by atoms with Gasteiger partial charge in [-0.1, -0.05) is 0 Å². The van der Waals surface area contributed by atoms with Crippen LogP contribution >= 0.6 is 0 Å². The molecule has 0 unspecified atom stereocenters. The third-order valence-corrected chi connectivity index (χ3v) is 1.76. The van der Waals surface area contributed by atoms with Crippen LogP contribution in [-0.4, -0.2) is 34.6 Å². The Morgan fingerprint density at radius 1 is 1.73 bits per heavy atom. The van der Waals surface area contributed by atoms with Crippen LogP contribution in [0.25, 0.3) is 0 Å². The van der Waals surface area contributed by atoms with Gasteiger partial charge in [0.15, 0.2) is 0 Å². The van der Waals surface area contributed by atoms with Crippen molar-refractivity contribution in [2.45, 2.75) is 6.42 Å². The van der Waals surface area contributed by atoms with Crippen LogP contribution in [0.15, 0.2) is 12.3 Å². The summed E-state index contributed by atoms with van der Waals surface area (Å²) < 4.78 is 0. The van der Waals surface area contributed by atoms with E-state index in [0.717, 1.165) is 0 Å². The Morgan fingerprint density at radius 3 is 3.07 bits per heavy atom. The van der Waals surface area contributed by atoms with Gasteiger partial charge in [-0.2, -0.15) is 5.26 Å². The number of hydrogen-bond donors (Lipinski definition) is 1. The quantitative estimate of drug-likeness (QED) is 0.759. The molecule has 0 bridgehead atoms. The van der Waals surface area contributed by atoms with E-state index in [0.29, 0.717) is 12.5 Å².